The first-order chi connectivity index (χ1) is 13.1. The number of rotatable bonds is 10. The number of guanidine groups is 1. The lowest BCUT2D eigenvalue weighted by atomic mass is 10.2. The van der Waals surface area contributed by atoms with Crippen molar-refractivity contribution in [3.05, 3.63) is 42.7 Å². The molecule has 2 unspecified atom stereocenters. The van der Waals surface area contributed by atoms with Gasteiger partial charge < -0.3 is 20.1 Å². The number of nitrogens with one attached hydrogen (secondary N) is 2. The van der Waals surface area contributed by atoms with Gasteiger partial charge in [-0.1, -0.05) is 19.1 Å². The molecule has 2 rings (SSSR count). The summed E-state index contributed by atoms with van der Waals surface area (Å²) in [5.41, 5.74) is 0. The average molecular weight is 501 g/mol. The highest BCUT2D eigenvalue weighted by atomic mass is 127. The number of hydrogen-bond donors (Lipinski definition) is 2. The van der Waals surface area contributed by atoms with Gasteiger partial charge in [0.2, 0.25) is 0 Å². The molecule has 0 radical (unpaired) electrons. The minimum absolute atomic E-state index is 0. The normalized spacial score (nSPS) is 13.2. The monoisotopic (exact) mass is 501 g/mol. The Morgan fingerprint density at radius 1 is 1.18 bits per heavy atom. The fourth-order valence-electron chi connectivity index (χ4n) is 2.59. The summed E-state index contributed by atoms with van der Waals surface area (Å²) < 4.78 is 13.2. The van der Waals surface area contributed by atoms with Gasteiger partial charge in [0.25, 0.3) is 0 Å². The van der Waals surface area contributed by atoms with Crippen LogP contribution in [0.25, 0.3) is 0 Å². The Balaban J connectivity index is 0.00000392. The summed E-state index contributed by atoms with van der Waals surface area (Å²) in [6.45, 7) is 9.25. The summed E-state index contributed by atoms with van der Waals surface area (Å²) in [4.78, 5) is 4.68. The van der Waals surface area contributed by atoms with Gasteiger partial charge in [-0.3, -0.25) is 9.67 Å². The maximum Gasteiger partial charge on any atom is 0.191 e. The van der Waals surface area contributed by atoms with Gasteiger partial charge in [0, 0.05) is 32.0 Å². The van der Waals surface area contributed by atoms with E-state index >= 15 is 0 Å². The van der Waals surface area contributed by atoms with Crippen LogP contribution in [0.4, 0.5) is 0 Å². The number of nitrogens with zero attached hydrogens (tertiary/aromatic N) is 3. The molecule has 156 valence electrons. The molecule has 1 heterocycles. The first-order valence-corrected chi connectivity index (χ1v) is 9.41. The number of aromatic nitrogens is 2. The molecule has 0 amide bonds. The van der Waals surface area contributed by atoms with Crippen LogP contribution in [0.2, 0.25) is 0 Å². The molecule has 0 bridgehead atoms. The lowest BCUT2D eigenvalue weighted by Gasteiger charge is -2.19. The second-order valence-corrected chi connectivity index (χ2v) is 6.51. The van der Waals surface area contributed by atoms with Crippen LogP contribution in [0, 0.1) is 5.92 Å². The zero-order valence-corrected chi connectivity index (χ0v) is 19.4. The third-order valence-corrected chi connectivity index (χ3v) is 3.92. The van der Waals surface area contributed by atoms with Gasteiger partial charge in [-0.15, -0.1) is 24.0 Å². The maximum absolute atomic E-state index is 5.98. The molecule has 0 spiro atoms. The summed E-state index contributed by atoms with van der Waals surface area (Å²) in [5.74, 6) is 2.66. The molecule has 2 atom stereocenters. The van der Waals surface area contributed by atoms with Crippen LogP contribution in [-0.2, 0) is 6.54 Å². The van der Waals surface area contributed by atoms with Crippen LogP contribution < -0.4 is 20.1 Å². The minimum Gasteiger partial charge on any atom is -0.493 e. The molecule has 28 heavy (non-hydrogen) atoms. The Hall–Kier alpha value is -1.97. The van der Waals surface area contributed by atoms with E-state index in [0.717, 1.165) is 37.1 Å². The summed E-state index contributed by atoms with van der Waals surface area (Å²) in [5, 5.41) is 10.9. The van der Waals surface area contributed by atoms with E-state index in [4.69, 9.17) is 9.47 Å². The first-order valence-electron chi connectivity index (χ1n) is 9.41. The van der Waals surface area contributed by atoms with Crippen molar-refractivity contribution in [2.75, 3.05) is 26.7 Å². The first kappa shape index (κ1) is 24.1. The smallest absolute Gasteiger partial charge is 0.191 e. The molecule has 0 saturated heterocycles. The molecule has 0 saturated carbocycles. The standard InChI is InChI=1S/C20H31N5O2.HI/c1-5-21-20(22-13-16(2)15-25-12-8-11-24-25)23-14-17(3)27-19-10-7-6-9-18(19)26-4;/h6-12,16-17H,5,13-15H2,1-4H3,(H2,21,22,23);1H. The zero-order chi connectivity index (χ0) is 19.5. The lowest BCUT2D eigenvalue weighted by molar-refractivity contribution is 0.213. The molecule has 0 aliphatic rings. The van der Waals surface area contributed by atoms with Crippen molar-refractivity contribution in [2.24, 2.45) is 10.9 Å². The molecule has 0 fully saturated rings. The Labute approximate surface area is 184 Å². The van der Waals surface area contributed by atoms with E-state index in [9.17, 15) is 0 Å². The molecule has 1 aromatic heterocycles. The van der Waals surface area contributed by atoms with Gasteiger partial charge in [-0.25, -0.2) is 0 Å². The zero-order valence-electron chi connectivity index (χ0n) is 17.1. The van der Waals surface area contributed by atoms with Crippen LogP contribution in [0.5, 0.6) is 11.5 Å². The second-order valence-electron chi connectivity index (χ2n) is 6.51. The van der Waals surface area contributed by atoms with Crippen molar-refractivity contribution in [3.63, 3.8) is 0 Å². The highest BCUT2D eigenvalue weighted by Crippen LogP contribution is 2.26. The van der Waals surface area contributed by atoms with Crippen molar-refractivity contribution in [3.8, 4) is 11.5 Å². The maximum atomic E-state index is 5.98. The van der Waals surface area contributed by atoms with E-state index < -0.39 is 0 Å². The van der Waals surface area contributed by atoms with Gasteiger partial charge in [0.05, 0.1) is 13.7 Å². The minimum atomic E-state index is -0.0355. The van der Waals surface area contributed by atoms with Crippen LogP contribution >= 0.6 is 24.0 Å². The predicted octanol–water partition coefficient (Wildman–Crippen LogP) is 3.17. The molecular formula is C20H32IN5O2. The number of hydrogen-bond acceptors (Lipinski definition) is 4. The summed E-state index contributed by atoms with van der Waals surface area (Å²) in [6.07, 6.45) is 3.73. The fourth-order valence-corrected chi connectivity index (χ4v) is 2.59. The Morgan fingerprint density at radius 2 is 1.93 bits per heavy atom. The van der Waals surface area contributed by atoms with Gasteiger partial charge in [0.1, 0.15) is 6.10 Å². The summed E-state index contributed by atoms with van der Waals surface area (Å²) >= 11 is 0. The molecule has 0 aliphatic heterocycles. The SMILES string of the molecule is CCNC(=NCC(C)Cn1cccn1)NCC(C)Oc1ccccc1OC.I. The van der Waals surface area contributed by atoms with Gasteiger partial charge in [-0.2, -0.15) is 5.10 Å². The van der Waals surface area contributed by atoms with E-state index in [1.165, 1.54) is 0 Å². The molecular weight excluding hydrogens is 469 g/mol. The second kappa shape index (κ2) is 13.2. The van der Waals surface area contributed by atoms with E-state index in [-0.39, 0.29) is 30.1 Å². The van der Waals surface area contributed by atoms with Crippen molar-refractivity contribution < 1.29 is 9.47 Å². The molecule has 1 aromatic carbocycles. The highest BCUT2D eigenvalue weighted by Gasteiger charge is 2.10. The number of methoxy groups -OCH3 is 1. The molecule has 2 N–H and O–H groups in total. The Bertz CT molecular complexity index is 694. The van der Waals surface area contributed by atoms with E-state index in [2.05, 4.69) is 34.6 Å². The van der Waals surface area contributed by atoms with Gasteiger partial charge in [-0.05, 0) is 38.0 Å². The highest BCUT2D eigenvalue weighted by molar-refractivity contribution is 14.0. The Kier molecular flexibility index (Phi) is 11.4. The topological polar surface area (TPSA) is 72.7 Å². The number of halogens is 1. The molecule has 7 nitrogen and oxygen atoms in total. The van der Waals surface area contributed by atoms with Gasteiger partial charge in [0.15, 0.2) is 17.5 Å². The number of benzene rings is 1. The number of ether oxygens (including phenoxy) is 2. The quantitative estimate of drug-likeness (QED) is 0.297. The predicted molar refractivity (Wildman–Crippen MR) is 124 cm³/mol. The molecule has 8 heteroatoms. The van der Waals surface area contributed by atoms with Crippen molar-refractivity contribution in [1.82, 2.24) is 20.4 Å². The summed E-state index contributed by atoms with van der Waals surface area (Å²) in [6, 6.07) is 9.60. The largest absolute Gasteiger partial charge is 0.493 e. The summed E-state index contributed by atoms with van der Waals surface area (Å²) in [7, 11) is 1.64. The third kappa shape index (κ3) is 8.37. The van der Waals surface area contributed by atoms with E-state index in [0.29, 0.717) is 12.5 Å². The van der Waals surface area contributed by atoms with Crippen LogP contribution in [0.15, 0.2) is 47.7 Å². The Morgan fingerprint density at radius 3 is 2.57 bits per heavy atom. The lowest BCUT2D eigenvalue weighted by Crippen LogP contribution is -2.42. The number of para-hydroxylation sites is 2. The molecule has 0 aliphatic carbocycles. The van der Waals surface area contributed by atoms with Gasteiger partial charge >= 0.3 is 0 Å². The van der Waals surface area contributed by atoms with Crippen LogP contribution in [0.1, 0.15) is 20.8 Å². The fraction of sp³-hybridized carbons (Fsp3) is 0.500. The van der Waals surface area contributed by atoms with Crippen LogP contribution in [0.3, 0.4) is 0 Å². The van der Waals surface area contributed by atoms with E-state index in [1.54, 1.807) is 13.3 Å². The average Bonchev–Trinajstić information content (AvgIpc) is 3.17. The number of aliphatic imine (C=N–C) groups is 1. The molecule has 2 aromatic rings. The third-order valence-electron chi connectivity index (χ3n) is 3.92. The van der Waals surface area contributed by atoms with Crippen LogP contribution in [-0.4, -0.2) is 48.6 Å². The van der Waals surface area contributed by atoms with E-state index in [1.807, 2.05) is 48.1 Å². The van der Waals surface area contributed by atoms with Crippen molar-refractivity contribution >= 4 is 29.9 Å². The van der Waals surface area contributed by atoms with Crippen molar-refractivity contribution in [2.45, 2.75) is 33.4 Å². The van der Waals surface area contributed by atoms with Crippen molar-refractivity contribution in [1.29, 1.82) is 0 Å².